The summed E-state index contributed by atoms with van der Waals surface area (Å²) in [5.41, 5.74) is 7.06. The predicted molar refractivity (Wildman–Crippen MR) is 68.2 cm³/mol. The SMILES string of the molecule is NCC(SCc1ccccc1)c1ccco1. The van der Waals surface area contributed by atoms with Gasteiger partial charge in [-0.25, -0.2) is 0 Å². The Morgan fingerprint density at radius 1 is 1.12 bits per heavy atom. The molecule has 0 radical (unpaired) electrons. The first-order valence-electron chi connectivity index (χ1n) is 5.29. The molecule has 2 N–H and O–H groups in total. The maximum atomic E-state index is 5.75. The molecule has 1 unspecified atom stereocenters. The van der Waals surface area contributed by atoms with Crippen LogP contribution in [0.25, 0.3) is 0 Å². The zero-order chi connectivity index (χ0) is 11.2. The summed E-state index contributed by atoms with van der Waals surface area (Å²) in [5, 5.41) is 0.246. The van der Waals surface area contributed by atoms with E-state index in [-0.39, 0.29) is 5.25 Å². The minimum atomic E-state index is 0.246. The zero-order valence-electron chi connectivity index (χ0n) is 9.00. The summed E-state index contributed by atoms with van der Waals surface area (Å²) in [6, 6.07) is 14.3. The van der Waals surface area contributed by atoms with Gasteiger partial charge < -0.3 is 10.2 Å². The molecule has 3 heteroatoms. The van der Waals surface area contributed by atoms with Crippen molar-refractivity contribution in [2.75, 3.05) is 6.54 Å². The standard InChI is InChI=1S/C13H15NOS/c14-9-13(12-7-4-8-15-12)16-10-11-5-2-1-3-6-11/h1-8,13H,9-10,14H2. The quantitative estimate of drug-likeness (QED) is 0.862. The van der Waals surface area contributed by atoms with E-state index in [4.69, 9.17) is 10.2 Å². The topological polar surface area (TPSA) is 39.2 Å². The summed E-state index contributed by atoms with van der Waals surface area (Å²) in [6.07, 6.45) is 1.70. The minimum absolute atomic E-state index is 0.246. The third-order valence-corrected chi connectivity index (χ3v) is 3.70. The first-order chi connectivity index (χ1) is 7.90. The number of rotatable bonds is 5. The highest BCUT2D eigenvalue weighted by atomic mass is 32.2. The van der Waals surface area contributed by atoms with Crippen LogP contribution in [0.5, 0.6) is 0 Å². The lowest BCUT2D eigenvalue weighted by atomic mass is 10.2. The Labute approximate surface area is 99.8 Å². The average molecular weight is 233 g/mol. The molecule has 1 aromatic heterocycles. The van der Waals surface area contributed by atoms with E-state index in [1.165, 1.54) is 5.56 Å². The first kappa shape index (κ1) is 11.3. The zero-order valence-corrected chi connectivity index (χ0v) is 9.82. The van der Waals surface area contributed by atoms with Crippen LogP contribution in [0.15, 0.2) is 53.1 Å². The summed E-state index contributed by atoms with van der Waals surface area (Å²) in [4.78, 5) is 0. The van der Waals surface area contributed by atoms with Gasteiger partial charge in [0.05, 0.1) is 11.5 Å². The third-order valence-electron chi connectivity index (χ3n) is 2.37. The van der Waals surface area contributed by atoms with Crippen LogP contribution in [0.3, 0.4) is 0 Å². The van der Waals surface area contributed by atoms with Crippen LogP contribution in [-0.4, -0.2) is 6.54 Å². The third kappa shape index (κ3) is 2.90. The summed E-state index contributed by atoms with van der Waals surface area (Å²) in [5.74, 6) is 1.92. The Morgan fingerprint density at radius 2 is 1.94 bits per heavy atom. The number of benzene rings is 1. The fourth-order valence-corrected chi connectivity index (χ4v) is 2.53. The smallest absolute Gasteiger partial charge is 0.118 e. The summed E-state index contributed by atoms with van der Waals surface area (Å²) in [7, 11) is 0. The Kier molecular flexibility index (Phi) is 4.08. The van der Waals surface area contributed by atoms with Gasteiger partial charge in [0.2, 0.25) is 0 Å². The molecule has 0 amide bonds. The van der Waals surface area contributed by atoms with Gasteiger partial charge in [0.1, 0.15) is 5.76 Å². The van der Waals surface area contributed by atoms with Crippen LogP contribution in [-0.2, 0) is 5.75 Å². The molecule has 0 fully saturated rings. The fraction of sp³-hybridized carbons (Fsp3) is 0.231. The van der Waals surface area contributed by atoms with E-state index >= 15 is 0 Å². The van der Waals surface area contributed by atoms with Crippen LogP contribution in [0.2, 0.25) is 0 Å². The summed E-state index contributed by atoms with van der Waals surface area (Å²) < 4.78 is 5.37. The van der Waals surface area contributed by atoms with Crippen LogP contribution >= 0.6 is 11.8 Å². The van der Waals surface area contributed by atoms with Gasteiger partial charge in [-0.2, -0.15) is 0 Å². The Morgan fingerprint density at radius 3 is 2.56 bits per heavy atom. The highest BCUT2D eigenvalue weighted by Gasteiger charge is 2.12. The molecule has 0 saturated carbocycles. The first-order valence-corrected chi connectivity index (χ1v) is 6.34. The maximum Gasteiger partial charge on any atom is 0.118 e. The van der Waals surface area contributed by atoms with Gasteiger partial charge in [-0.05, 0) is 17.7 Å². The highest BCUT2D eigenvalue weighted by molar-refractivity contribution is 7.98. The molecule has 0 saturated heterocycles. The van der Waals surface area contributed by atoms with Crippen molar-refractivity contribution in [3.63, 3.8) is 0 Å². The Hall–Kier alpha value is -1.19. The molecule has 2 nitrogen and oxygen atoms in total. The monoisotopic (exact) mass is 233 g/mol. The van der Waals surface area contributed by atoms with Crippen molar-refractivity contribution in [1.29, 1.82) is 0 Å². The van der Waals surface area contributed by atoms with Crippen molar-refractivity contribution >= 4 is 11.8 Å². The lowest BCUT2D eigenvalue weighted by Gasteiger charge is -2.11. The number of nitrogens with two attached hydrogens (primary N) is 1. The van der Waals surface area contributed by atoms with Crippen molar-refractivity contribution < 1.29 is 4.42 Å². The molecule has 1 aromatic carbocycles. The van der Waals surface area contributed by atoms with E-state index in [1.807, 2.05) is 30.0 Å². The molecule has 0 aliphatic rings. The van der Waals surface area contributed by atoms with Crippen LogP contribution in [0.4, 0.5) is 0 Å². The van der Waals surface area contributed by atoms with Crippen LogP contribution in [0.1, 0.15) is 16.6 Å². The summed E-state index contributed by atoms with van der Waals surface area (Å²) in [6.45, 7) is 0.602. The van der Waals surface area contributed by atoms with Gasteiger partial charge >= 0.3 is 0 Å². The van der Waals surface area contributed by atoms with Crippen molar-refractivity contribution in [1.82, 2.24) is 0 Å². The number of hydrogen-bond acceptors (Lipinski definition) is 3. The molecule has 1 atom stereocenters. The molecule has 2 aromatic rings. The molecule has 84 valence electrons. The predicted octanol–water partition coefficient (Wildman–Crippen LogP) is 3.21. The molecule has 0 aliphatic heterocycles. The molecule has 2 rings (SSSR count). The molecule has 0 aliphatic carbocycles. The maximum absolute atomic E-state index is 5.75. The molecule has 0 bridgehead atoms. The van der Waals surface area contributed by atoms with E-state index in [2.05, 4.69) is 24.3 Å². The second kappa shape index (κ2) is 5.77. The Balaban J connectivity index is 1.94. The molecular formula is C13H15NOS. The largest absolute Gasteiger partial charge is 0.468 e. The van der Waals surface area contributed by atoms with Gasteiger partial charge in [-0.1, -0.05) is 30.3 Å². The van der Waals surface area contributed by atoms with E-state index in [0.717, 1.165) is 11.5 Å². The lowest BCUT2D eigenvalue weighted by molar-refractivity contribution is 0.507. The molecule has 0 spiro atoms. The average Bonchev–Trinajstić information content (AvgIpc) is 2.85. The minimum Gasteiger partial charge on any atom is -0.468 e. The van der Waals surface area contributed by atoms with Crippen LogP contribution in [0, 0.1) is 0 Å². The number of thioether (sulfide) groups is 1. The van der Waals surface area contributed by atoms with Gasteiger partial charge in [0.15, 0.2) is 0 Å². The molecule has 1 heterocycles. The second-order valence-corrected chi connectivity index (χ2v) is 4.73. The van der Waals surface area contributed by atoms with Crippen LogP contribution < -0.4 is 5.73 Å². The second-order valence-electron chi connectivity index (χ2n) is 3.54. The van der Waals surface area contributed by atoms with Crippen molar-refractivity contribution in [2.45, 2.75) is 11.0 Å². The number of furan rings is 1. The lowest BCUT2D eigenvalue weighted by Crippen LogP contribution is -2.08. The van der Waals surface area contributed by atoms with Gasteiger partial charge in [-0.3, -0.25) is 0 Å². The van der Waals surface area contributed by atoms with E-state index in [9.17, 15) is 0 Å². The van der Waals surface area contributed by atoms with Crippen molar-refractivity contribution in [2.24, 2.45) is 5.73 Å². The van der Waals surface area contributed by atoms with E-state index < -0.39 is 0 Å². The normalized spacial score (nSPS) is 12.6. The molecule has 16 heavy (non-hydrogen) atoms. The van der Waals surface area contributed by atoms with E-state index in [0.29, 0.717) is 6.54 Å². The highest BCUT2D eigenvalue weighted by Crippen LogP contribution is 2.30. The van der Waals surface area contributed by atoms with Crippen molar-refractivity contribution in [3.05, 3.63) is 60.1 Å². The summed E-state index contributed by atoms with van der Waals surface area (Å²) >= 11 is 1.81. The number of hydrogen-bond donors (Lipinski definition) is 1. The fourth-order valence-electron chi connectivity index (χ4n) is 1.51. The molecular weight excluding hydrogens is 218 g/mol. The van der Waals surface area contributed by atoms with E-state index in [1.54, 1.807) is 6.26 Å². The van der Waals surface area contributed by atoms with Crippen molar-refractivity contribution in [3.8, 4) is 0 Å². The van der Waals surface area contributed by atoms with Gasteiger partial charge in [-0.15, -0.1) is 11.8 Å². The Bertz CT molecular complexity index is 399. The van der Waals surface area contributed by atoms with Gasteiger partial charge in [0, 0.05) is 12.3 Å². The van der Waals surface area contributed by atoms with Gasteiger partial charge in [0.25, 0.3) is 0 Å².